The molecule has 1 aromatic carbocycles. The monoisotopic (exact) mass is 351 g/mol. The van der Waals surface area contributed by atoms with Gasteiger partial charge in [0, 0.05) is 13.1 Å². The second kappa shape index (κ2) is 6.63. The van der Waals surface area contributed by atoms with Crippen molar-refractivity contribution in [3.63, 3.8) is 0 Å². The number of aromatic nitrogens is 1. The minimum atomic E-state index is -4.42. The number of benzene rings is 1. The van der Waals surface area contributed by atoms with E-state index in [2.05, 4.69) is 15.0 Å². The van der Waals surface area contributed by atoms with Crippen LogP contribution in [0.5, 0.6) is 0 Å². The smallest absolute Gasteiger partial charge is 0.360 e. The van der Waals surface area contributed by atoms with Crippen LogP contribution in [-0.2, 0) is 16.2 Å². The first-order valence-electron chi connectivity index (χ1n) is 6.11. The summed E-state index contributed by atoms with van der Waals surface area (Å²) >= 11 is 0.470. The zero-order valence-corrected chi connectivity index (χ0v) is 12.7. The van der Waals surface area contributed by atoms with Crippen LogP contribution in [0, 0.1) is 0 Å². The van der Waals surface area contributed by atoms with Crippen molar-refractivity contribution in [3.8, 4) is 0 Å². The maximum atomic E-state index is 12.4. The summed E-state index contributed by atoms with van der Waals surface area (Å²) in [6, 6.07) is 7.79. The third kappa shape index (κ3) is 4.42. The average molecular weight is 351 g/mol. The minimum Gasteiger partial charge on any atom is -0.360 e. The summed E-state index contributed by atoms with van der Waals surface area (Å²) in [5, 5.41) is 2.73. The average Bonchev–Trinajstić information content (AvgIpc) is 2.94. The summed E-state index contributed by atoms with van der Waals surface area (Å²) in [6.45, 7) is 0.148. The van der Waals surface area contributed by atoms with E-state index >= 15 is 0 Å². The number of nitrogens with one attached hydrogen (secondary N) is 2. The van der Waals surface area contributed by atoms with Crippen molar-refractivity contribution in [2.75, 3.05) is 18.4 Å². The Kier molecular flexibility index (Phi) is 5.04. The van der Waals surface area contributed by atoms with Crippen LogP contribution in [0.1, 0.15) is 4.88 Å². The summed E-state index contributed by atoms with van der Waals surface area (Å²) in [5.41, 5.74) is 0. The Morgan fingerprint density at radius 1 is 1.14 bits per heavy atom. The third-order valence-electron chi connectivity index (χ3n) is 2.53. The van der Waals surface area contributed by atoms with Gasteiger partial charge in [-0.3, -0.25) is 0 Å². The van der Waals surface area contributed by atoms with Crippen LogP contribution in [0.2, 0.25) is 0 Å². The Labute approximate surface area is 129 Å². The van der Waals surface area contributed by atoms with E-state index in [1.807, 2.05) is 0 Å². The van der Waals surface area contributed by atoms with Gasteiger partial charge in [-0.15, -0.1) is 0 Å². The molecule has 0 fully saturated rings. The maximum absolute atomic E-state index is 12.4. The first-order chi connectivity index (χ1) is 10.3. The Morgan fingerprint density at radius 3 is 2.41 bits per heavy atom. The van der Waals surface area contributed by atoms with E-state index in [1.165, 1.54) is 12.1 Å². The van der Waals surface area contributed by atoms with E-state index in [9.17, 15) is 21.6 Å². The molecule has 0 aliphatic heterocycles. The van der Waals surface area contributed by atoms with Crippen molar-refractivity contribution in [2.24, 2.45) is 0 Å². The maximum Gasteiger partial charge on any atom is 0.427 e. The lowest BCUT2D eigenvalue weighted by Crippen LogP contribution is -2.28. The Balaban J connectivity index is 1.84. The molecule has 22 heavy (non-hydrogen) atoms. The summed E-state index contributed by atoms with van der Waals surface area (Å²) in [4.78, 5) is 2.91. The van der Waals surface area contributed by atoms with E-state index < -0.39 is 21.1 Å². The van der Waals surface area contributed by atoms with E-state index in [0.29, 0.717) is 11.3 Å². The molecule has 1 aromatic heterocycles. The Bertz CT molecular complexity index is 715. The van der Waals surface area contributed by atoms with Gasteiger partial charge in [-0.1, -0.05) is 29.5 Å². The van der Waals surface area contributed by atoms with Crippen LogP contribution in [0.25, 0.3) is 0 Å². The van der Waals surface area contributed by atoms with Crippen LogP contribution < -0.4 is 10.0 Å². The summed E-state index contributed by atoms with van der Waals surface area (Å²) in [7, 11) is -3.62. The number of anilines is 1. The van der Waals surface area contributed by atoms with Crippen molar-refractivity contribution in [2.45, 2.75) is 11.1 Å². The molecule has 2 aromatic rings. The highest BCUT2D eigenvalue weighted by atomic mass is 32.2. The van der Waals surface area contributed by atoms with Gasteiger partial charge in [0.25, 0.3) is 0 Å². The molecule has 0 unspecified atom stereocenters. The van der Waals surface area contributed by atoms with Gasteiger partial charge in [0.05, 0.1) is 11.1 Å². The van der Waals surface area contributed by atoms with Crippen LogP contribution in [0.15, 0.2) is 41.4 Å². The predicted molar refractivity (Wildman–Crippen MR) is 77.2 cm³/mol. The lowest BCUT2D eigenvalue weighted by atomic mass is 10.4. The molecule has 0 atom stereocenters. The standard InChI is InChI=1S/C12H12F3N3O2S2/c13-12(14,15)10-8-17-11(21-10)16-6-7-18-22(19,20)9-4-2-1-3-5-9/h1-5,8,18H,6-7H2,(H,16,17). The van der Waals surface area contributed by atoms with Crippen molar-refractivity contribution in [1.29, 1.82) is 0 Å². The molecule has 0 spiro atoms. The number of rotatable bonds is 6. The molecule has 0 radical (unpaired) electrons. The molecule has 0 amide bonds. The molecule has 0 bridgehead atoms. The van der Waals surface area contributed by atoms with Gasteiger partial charge in [-0.25, -0.2) is 18.1 Å². The van der Waals surface area contributed by atoms with Gasteiger partial charge in [0.2, 0.25) is 10.0 Å². The predicted octanol–water partition coefficient (Wildman–Crippen LogP) is 2.55. The minimum absolute atomic E-state index is 0.0260. The van der Waals surface area contributed by atoms with Crippen LogP contribution in [0.4, 0.5) is 18.3 Å². The van der Waals surface area contributed by atoms with E-state index in [-0.39, 0.29) is 23.1 Å². The molecular weight excluding hydrogens is 339 g/mol. The first-order valence-corrected chi connectivity index (χ1v) is 8.40. The molecule has 2 N–H and O–H groups in total. The second-order valence-electron chi connectivity index (χ2n) is 4.17. The SMILES string of the molecule is O=S(=O)(NCCNc1ncc(C(F)(F)F)s1)c1ccccc1. The number of nitrogens with zero attached hydrogens (tertiary/aromatic N) is 1. The van der Waals surface area contributed by atoms with Crippen molar-refractivity contribution in [3.05, 3.63) is 41.4 Å². The van der Waals surface area contributed by atoms with Crippen LogP contribution in [0.3, 0.4) is 0 Å². The number of hydrogen-bond donors (Lipinski definition) is 2. The highest BCUT2D eigenvalue weighted by molar-refractivity contribution is 7.89. The summed E-state index contributed by atoms with van der Waals surface area (Å²) in [5.74, 6) is 0. The van der Waals surface area contributed by atoms with E-state index in [4.69, 9.17) is 0 Å². The normalized spacial score (nSPS) is 12.3. The number of hydrogen-bond acceptors (Lipinski definition) is 5. The molecule has 10 heteroatoms. The molecule has 120 valence electrons. The first kappa shape index (κ1) is 16.7. The fourth-order valence-corrected chi connectivity index (χ4v) is 3.29. The summed E-state index contributed by atoms with van der Waals surface area (Å²) in [6.07, 6.45) is -3.69. The summed E-state index contributed by atoms with van der Waals surface area (Å²) < 4.78 is 63.3. The van der Waals surface area contributed by atoms with E-state index in [1.54, 1.807) is 18.2 Å². The lowest BCUT2D eigenvalue weighted by Gasteiger charge is -2.07. The molecule has 1 heterocycles. The Hall–Kier alpha value is -1.65. The van der Waals surface area contributed by atoms with Gasteiger partial charge in [0.15, 0.2) is 5.13 Å². The van der Waals surface area contributed by atoms with Gasteiger partial charge in [0.1, 0.15) is 4.88 Å². The molecular formula is C12H12F3N3O2S2. The lowest BCUT2D eigenvalue weighted by molar-refractivity contribution is -0.134. The fraction of sp³-hybridized carbons (Fsp3) is 0.250. The molecule has 0 saturated heterocycles. The molecule has 0 saturated carbocycles. The van der Waals surface area contributed by atoms with Gasteiger partial charge < -0.3 is 5.32 Å². The Morgan fingerprint density at radius 2 is 1.82 bits per heavy atom. The second-order valence-corrected chi connectivity index (χ2v) is 6.96. The van der Waals surface area contributed by atoms with Crippen LogP contribution >= 0.6 is 11.3 Å². The molecule has 2 rings (SSSR count). The van der Waals surface area contributed by atoms with Crippen molar-refractivity contribution in [1.82, 2.24) is 9.71 Å². The highest BCUT2D eigenvalue weighted by Gasteiger charge is 2.33. The van der Waals surface area contributed by atoms with Crippen molar-refractivity contribution >= 4 is 26.5 Å². The van der Waals surface area contributed by atoms with Gasteiger partial charge >= 0.3 is 6.18 Å². The zero-order chi connectivity index (χ0) is 16.2. The van der Waals surface area contributed by atoms with Crippen LogP contribution in [-0.4, -0.2) is 26.5 Å². The number of sulfonamides is 1. The largest absolute Gasteiger partial charge is 0.427 e. The number of thiazole rings is 1. The molecule has 0 aliphatic rings. The zero-order valence-electron chi connectivity index (χ0n) is 11.1. The van der Waals surface area contributed by atoms with Gasteiger partial charge in [-0.2, -0.15) is 13.2 Å². The number of halogens is 3. The molecule has 0 aliphatic carbocycles. The van der Waals surface area contributed by atoms with Gasteiger partial charge in [-0.05, 0) is 12.1 Å². The van der Waals surface area contributed by atoms with E-state index in [0.717, 1.165) is 6.20 Å². The topological polar surface area (TPSA) is 71.1 Å². The fourth-order valence-electron chi connectivity index (χ4n) is 1.52. The van der Waals surface area contributed by atoms with Crippen molar-refractivity contribution < 1.29 is 21.6 Å². The highest BCUT2D eigenvalue weighted by Crippen LogP contribution is 2.34. The third-order valence-corrected chi connectivity index (χ3v) is 5.01. The number of alkyl halides is 3. The molecule has 5 nitrogen and oxygen atoms in total. The quantitative estimate of drug-likeness (QED) is 0.785.